The van der Waals surface area contributed by atoms with Gasteiger partial charge in [0.1, 0.15) is 12.4 Å². The van der Waals surface area contributed by atoms with E-state index in [1.807, 2.05) is 0 Å². The summed E-state index contributed by atoms with van der Waals surface area (Å²) in [5, 5.41) is 3.97. The molecule has 2 aromatic rings. The minimum atomic E-state index is -1.53. The number of hydrogen-bond acceptors (Lipinski definition) is 5. The molecule has 1 aliphatic heterocycles. The van der Waals surface area contributed by atoms with E-state index in [0.29, 0.717) is 22.6 Å². The zero-order chi connectivity index (χ0) is 19.1. The van der Waals surface area contributed by atoms with Gasteiger partial charge in [-0.15, -0.1) is 0 Å². The monoisotopic (exact) mass is 373 g/mol. The van der Waals surface area contributed by atoms with Crippen molar-refractivity contribution in [1.29, 1.82) is 0 Å². The Morgan fingerprint density at radius 1 is 1.41 bits per heavy atom. The fourth-order valence-corrected chi connectivity index (χ4v) is 3.14. The molecule has 3 N–H and O–H groups in total. The summed E-state index contributed by atoms with van der Waals surface area (Å²) in [6.07, 6.45) is 2.00. The van der Waals surface area contributed by atoms with E-state index in [1.165, 1.54) is 0 Å². The first-order valence-electron chi connectivity index (χ1n) is 8.90. The lowest BCUT2D eigenvalue weighted by Gasteiger charge is -2.17. The van der Waals surface area contributed by atoms with Crippen molar-refractivity contribution >= 4 is 22.6 Å². The molecule has 1 saturated heterocycles. The zero-order valence-electron chi connectivity index (χ0n) is 14.8. The van der Waals surface area contributed by atoms with Gasteiger partial charge in [-0.3, -0.25) is 9.59 Å². The van der Waals surface area contributed by atoms with Gasteiger partial charge < -0.3 is 20.5 Å². The van der Waals surface area contributed by atoms with Crippen molar-refractivity contribution < 1.29 is 23.5 Å². The summed E-state index contributed by atoms with van der Waals surface area (Å²) in [5.41, 5.74) is 5.79. The number of aromatic nitrogens is 1. The largest absolute Gasteiger partial charge is 0.490 e. The van der Waals surface area contributed by atoms with Crippen LogP contribution in [-0.4, -0.2) is 41.7 Å². The number of nitrogens with one attached hydrogen (secondary N) is 1. The Bertz CT molecular complexity index is 915. The van der Waals surface area contributed by atoms with Gasteiger partial charge in [0.15, 0.2) is 6.17 Å². The van der Waals surface area contributed by atoms with Crippen LogP contribution in [0, 0.1) is 5.92 Å². The Balaban J connectivity index is 1.62. The fourth-order valence-electron chi connectivity index (χ4n) is 3.14. The van der Waals surface area contributed by atoms with E-state index in [9.17, 15) is 14.0 Å². The van der Waals surface area contributed by atoms with Crippen molar-refractivity contribution in [3.63, 3.8) is 0 Å². The number of rotatable bonds is 6. The highest BCUT2D eigenvalue weighted by Crippen LogP contribution is 2.35. The normalized spacial score (nSPS) is 24.7. The third-order valence-electron chi connectivity index (χ3n) is 4.99. The average Bonchev–Trinajstić information content (AvgIpc) is 3.43. The highest BCUT2D eigenvalue weighted by molar-refractivity contribution is 6.01. The molecule has 1 aromatic heterocycles. The number of primary amides is 1. The maximum Gasteiger partial charge on any atom is 0.255 e. The van der Waals surface area contributed by atoms with Crippen molar-refractivity contribution in [1.82, 2.24) is 10.3 Å². The summed E-state index contributed by atoms with van der Waals surface area (Å²) >= 11 is 0. The first-order chi connectivity index (χ1) is 12.9. The Kier molecular flexibility index (Phi) is 4.33. The molecule has 0 spiro atoms. The van der Waals surface area contributed by atoms with Crippen molar-refractivity contribution in [3.05, 3.63) is 30.0 Å². The second kappa shape index (κ2) is 6.68. The van der Waals surface area contributed by atoms with Crippen LogP contribution in [-0.2, 0) is 4.79 Å². The lowest BCUT2D eigenvalue weighted by atomic mass is 10.0. The number of hydrogen-bond donors (Lipinski definition) is 2. The van der Waals surface area contributed by atoms with Gasteiger partial charge >= 0.3 is 0 Å². The maximum atomic E-state index is 13.7. The van der Waals surface area contributed by atoms with Crippen LogP contribution in [0.1, 0.15) is 30.1 Å². The van der Waals surface area contributed by atoms with Crippen LogP contribution in [0.5, 0.6) is 11.6 Å². The number of carbonyl (C=O) groups excluding carboxylic acids is 2. The molecule has 1 aliphatic carbocycles. The molecule has 2 fully saturated rings. The van der Waals surface area contributed by atoms with Crippen LogP contribution >= 0.6 is 0 Å². The maximum absolute atomic E-state index is 13.7. The first-order valence-corrected chi connectivity index (χ1v) is 8.90. The number of fused-ring (bicyclic) bond motifs is 1. The molecule has 142 valence electrons. The number of pyridine rings is 1. The Labute approximate surface area is 155 Å². The summed E-state index contributed by atoms with van der Waals surface area (Å²) in [5.74, 6) is -0.936. The second-order valence-electron chi connectivity index (χ2n) is 7.05. The third-order valence-corrected chi connectivity index (χ3v) is 4.99. The molecule has 0 unspecified atom stereocenters. The topological polar surface area (TPSA) is 104 Å². The van der Waals surface area contributed by atoms with Crippen LogP contribution < -0.4 is 20.5 Å². The van der Waals surface area contributed by atoms with Crippen molar-refractivity contribution in [2.45, 2.75) is 38.1 Å². The van der Waals surface area contributed by atoms with Crippen LogP contribution in [0.3, 0.4) is 0 Å². The summed E-state index contributed by atoms with van der Waals surface area (Å²) < 4.78 is 25.3. The number of nitrogens with two attached hydrogens (primary N) is 1. The summed E-state index contributed by atoms with van der Waals surface area (Å²) in [6, 6.07) is 4.66. The van der Waals surface area contributed by atoms with E-state index in [1.54, 1.807) is 31.3 Å². The lowest BCUT2D eigenvalue weighted by Crippen LogP contribution is -2.34. The van der Waals surface area contributed by atoms with Crippen molar-refractivity contribution in [2.24, 2.45) is 11.7 Å². The first kappa shape index (κ1) is 17.5. The van der Waals surface area contributed by atoms with Gasteiger partial charge in [0.05, 0.1) is 17.7 Å². The zero-order valence-corrected chi connectivity index (χ0v) is 14.8. The van der Waals surface area contributed by atoms with Crippen LogP contribution in [0.15, 0.2) is 24.4 Å². The van der Waals surface area contributed by atoms with E-state index in [0.717, 1.165) is 18.2 Å². The SMILES string of the molecule is C[C@H]1[C@@H](COc2nccc3cc(C(N)=O)c(OC4CC4)cc23)NC(=O)[C@@H]1F. The Hall–Kier alpha value is -2.90. The van der Waals surface area contributed by atoms with Gasteiger partial charge in [-0.05, 0) is 36.4 Å². The number of nitrogens with zero attached hydrogens (tertiary/aromatic N) is 1. The molecule has 1 aromatic carbocycles. The molecule has 0 bridgehead atoms. The average molecular weight is 373 g/mol. The van der Waals surface area contributed by atoms with Crippen LogP contribution in [0.4, 0.5) is 4.39 Å². The van der Waals surface area contributed by atoms with Gasteiger partial charge in [0, 0.05) is 17.5 Å². The molecule has 4 rings (SSSR count). The second-order valence-corrected chi connectivity index (χ2v) is 7.05. The molecule has 8 heteroatoms. The van der Waals surface area contributed by atoms with E-state index >= 15 is 0 Å². The van der Waals surface area contributed by atoms with E-state index in [4.69, 9.17) is 15.2 Å². The lowest BCUT2D eigenvalue weighted by molar-refractivity contribution is -0.123. The van der Waals surface area contributed by atoms with Crippen molar-refractivity contribution in [3.8, 4) is 11.6 Å². The number of carbonyl (C=O) groups is 2. The number of halogens is 1. The molecule has 3 atom stereocenters. The molecule has 2 heterocycles. The van der Waals surface area contributed by atoms with Gasteiger partial charge in [-0.1, -0.05) is 6.92 Å². The molecule has 0 radical (unpaired) electrons. The molecule has 27 heavy (non-hydrogen) atoms. The smallest absolute Gasteiger partial charge is 0.255 e. The molecule has 7 nitrogen and oxygen atoms in total. The third kappa shape index (κ3) is 3.39. The van der Waals surface area contributed by atoms with E-state index < -0.39 is 29.9 Å². The van der Waals surface area contributed by atoms with E-state index in [-0.39, 0.29) is 12.7 Å². The highest BCUT2D eigenvalue weighted by atomic mass is 19.1. The summed E-state index contributed by atoms with van der Waals surface area (Å²) in [7, 11) is 0. The van der Waals surface area contributed by atoms with Gasteiger partial charge in [0.25, 0.3) is 11.8 Å². The van der Waals surface area contributed by atoms with Gasteiger partial charge in [0.2, 0.25) is 5.88 Å². The van der Waals surface area contributed by atoms with E-state index in [2.05, 4.69) is 10.3 Å². The van der Waals surface area contributed by atoms with Crippen LogP contribution in [0.2, 0.25) is 0 Å². The number of ether oxygens (including phenoxy) is 2. The van der Waals surface area contributed by atoms with Gasteiger partial charge in [-0.25, -0.2) is 9.37 Å². The molecular formula is C19H20FN3O4. The summed E-state index contributed by atoms with van der Waals surface area (Å²) in [4.78, 5) is 27.5. The standard InChI is InChI=1S/C19H20FN3O4/c1-9-14(23-18(25)16(9)20)8-26-19-12-7-15(27-11-2-3-11)13(17(21)24)6-10(12)4-5-22-19/h4-7,9,11,14,16H,2-3,8H2,1H3,(H2,21,24)(H,23,25)/t9-,14+,16+/m0/s1. The minimum Gasteiger partial charge on any atom is -0.490 e. The molecule has 1 saturated carbocycles. The predicted molar refractivity (Wildman–Crippen MR) is 95.4 cm³/mol. The van der Waals surface area contributed by atoms with Crippen molar-refractivity contribution in [2.75, 3.05) is 6.61 Å². The Morgan fingerprint density at radius 3 is 2.81 bits per heavy atom. The molecule has 2 amide bonds. The fraction of sp³-hybridized carbons (Fsp3) is 0.421. The number of benzene rings is 1. The molecule has 2 aliphatic rings. The number of alkyl halides is 1. The van der Waals surface area contributed by atoms with Gasteiger partial charge in [-0.2, -0.15) is 0 Å². The predicted octanol–water partition coefficient (Wildman–Crippen LogP) is 1.73. The minimum absolute atomic E-state index is 0.0931. The van der Waals surface area contributed by atoms with Crippen LogP contribution in [0.25, 0.3) is 10.8 Å². The molecular weight excluding hydrogens is 353 g/mol. The quantitative estimate of drug-likeness (QED) is 0.803. The number of amides is 2. The summed E-state index contributed by atoms with van der Waals surface area (Å²) in [6.45, 7) is 1.75. The Morgan fingerprint density at radius 2 is 2.19 bits per heavy atom. The highest BCUT2D eigenvalue weighted by Gasteiger charge is 2.40.